The Morgan fingerprint density at radius 1 is 1.20 bits per heavy atom. The van der Waals surface area contributed by atoms with E-state index in [2.05, 4.69) is 0 Å². The minimum absolute atomic E-state index is 0.00984. The summed E-state index contributed by atoms with van der Waals surface area (Å²) in [6.07, 6.45) is 3.76. The van der Waals surface area contributed by atoms with Crippen molar-refractivity contribution in [3.8, 4) is 0 Å². The maximum absolute atomic E-state index is 11.4. The smallest absolute Gasteiger partial charge is 0.233 e. The molecule has 1 aromatic rings. The van der Waals surface area contributed by atoms with Crippen molar-refractivity contribution in [2.24, 2.45) is 5.41 Å². The fourth-order valence-electron chi connectivity index (χ4n) is 2.81. The molecule has 1 aromatic carbocycles. The monoisotopic (exact) mass is 336 g/mol. The maximum atomic E-state index is 11.4. The lowest BCUT2D eigenvalue weighted by atomic mass is 9.90. The van der Waals surface area contributed by atoms with Crippen LogP contribution in [0.5, 0.6) is 0 Å². The van der Waals surface area contributed by atoms with E-state index < -0.39 is 9.05 Å². The summed E-state index contributed by atoms with van der Waals surface area (Å²) in [6.45, 7) is 0.800. The van der Waals surface area contributed by atoms with Gasteiger partial charge in [0.05, 0.1) is 19.0 Å². The van der Waals surface area contributed by atoms with E-state index in [4.69, 9.17) is 27.0 Å². The summed E-state index contributed by atoms with van der Waals surface area (Å²) in [5.41, 5.74) is 0.581. The first-order chi connectivity index (χ1) is 9.40. The van der Waals surface area contributed by atoms with Crippen molar-refractivity contribution in [3.63, 3.8) is 0 Å². The first-order valence-electron chi connectivity index (χ1n) is 6.64. The standard InChI is InChI=1S/C14H18Cl2O3S/c15-13-6-2-1-5-12(13)9-19-10-14(7-3-4-8-14)11-20(16,17)18/h1-2,5-6H,3-4,7-11H2. The SMILES string of the molecule is O=S(=O)(Cl)CC1(COCc2ccccc2Cl)CCCC1. The van der Waals surface area contributed by atoms with Gasteiger partial charge in [-0.25, -0.2) is 8.42 Å². The Kier molecular flexibility index (Phi) is 5.35. The van der Waals surface area contributed by atoms with Crippen LogP contribution in [0.3, 0.4) is 0 Å². The highest BCUT2D eigenvalue weighted by molar-refractivity contribution is 8.13. The van der Waals surface area contributed by atoms with Gasteiger partial charge in [0.25, 0.3) is 0 Å². The molecule has 0 radical (unpaired) electrons. The number of halogens is 2. The van der Waals surface area contributed by atoms with Gasteiger partial charge in [0, 0.05) is 21.1 Å². The van der Waals surface area contributed by atoms with Crippen LogP contribution in [0.25, 0.3) is 0 Å². The average molecular weight is 337 g/mol. The molecule has 0 spiro atoms. The number of hydrogen-bond acceptors (Lipinski definition) is 3. The third-order valence-corrected chi connectivity index (χ3v) is 5.42. The molecule has 1 saturated carbocycles. The van der Waals surface area contributed by atoms with Gasteiger partial charge in [-0.15, -0.1) is 0 Å². The van der Waals surface area contributed by atoms with Gasteiger partial charge in [-0.1, -0.05) is 42.6 Å². The molecule has 2 rings (SSSR count). The van der Waals surface area contributed by atoms with Gasteiger partial charge in [0.2, 0.25) is 9.05 Å². The van der Waals surface area contributed by atoms with Gasteiger partial charge in [-0.05, 0) is 24.5 Å². The number of rotatable bonds is 6. The normalized spacial score (nSPS) is 18.3. The Morgan fingerprint density at radius 2 is 1.85 bits per heavy atom. The van der Waals surface area contributed by atoms with Crippen LogP contribution in [0.2, 0.25) is 5.02 Å². The van der Waals surface area contributed by atoms with Crippen LogP contribution in [0.15, 0.2) is 24.3 Å². The molecule has 112 valence electrons. The van der Waals surface area contributed by atoms with Gasteiger partial charge in [0.15, 0.2) is 0 Å². The van der Waals surface area contributed by atoms with Crippen molar-refractivity contribution >= 4 is 31.3 Å². The molecule has 20 heavy (non-hydrogen) atoms. The average Bonchev–Trinajstić information content (AvgIpc) is 2.78. The summed E-state index contributed by atoms with van der Waals surface area (Å²) >= 11 is 6.06. The van der Waals surface area contributed by atoms with Crippen LogP contribution >= 0.6 is 22.3 Å². The van der Waals surface area contributed by atoms with Gasteiger partial charge in [-0.2, -0.15) is 0 Å². The van der Waals surface area contributed by atoms with Crippen LogP contribution in [0.4, 0.5) is 0 Å². The molecular weight excluding hydrogens is 319 g/mol. The van der Waals surface area contributed by atoms with Crippen molar-refractivity contribution in [3.05, 3.63) is 34.9 Å². The van der Waals surface area contributed by atoms with E-state index in [1.54, 1.807) is 0 Å². The van der Waals surface area contributed by atoms with E-state index in [0.29, 0.717) is 18.2 Å². The molecule has 1 aliphatic carbocycles. The Morgan fingerprint density at radius 3 is 2.45 bits per heavy atom. The van der Waals surface area contributed by atoms with Crippen molar-refractivity contribution in [2.45, 2.75) is 32.3 Å². The van der Waals surface area contributed by atoms with E-state index in [1.807, 2.05) is 24.3 Å². The molecule has 0 saturated heterocycles. The molecular formula is C14H18Cl2O3S. The second-order valence-corrected chi connectivity index (χ2v) is 8.66. The third kappa shape index (κ3) is 4.62. The lowest BCUT2D eigenvalue weighted by Crippen LogP contribution is -2.30. The molecule has 0 unspecified atom stereocenters. The molecule has 6 heteroatoms. The summed E-state index contributed by atoms with van der Waals surface area (Å²) < 4.78 is 28.5. The van der Waals surface area contributed by atoms with E-state index in [9.17, 15) is 8.42 Å². The van der Waals surface area contributed by atoms with E-state index in [0.717, 1.165) is 31.2 Å². The lowest BCUT2D eigenvalue weighted by Gasteiger charge is -2.27. The van der Waals surface area contributed by atoms with Gasteiger partial charge in [-0.3, -0.25) is 0 Å². The summed E-state index contributed by atoms with van der Waals surface area (Å²) in [4.78, 5) is 0. The number of benzene rings is 1. The minimum atomic E-state index is -3.50. The van der Waals surface area contributed by atoms with Crippen molar-refractivity contribution in [2.75, 3.05) is 12.4 Å². The van der Waals surface area contributed by atoms with Crippen LogP contribution < -0.4 is 0 Å². The molecule has 0 aromatic heterocycles. The fourth-order valence-corrected chi connectivity index (χ4v) is 4.80. The number of hydrogen-bond donors (Lipinski definition) is 0. The predicted octanol–water partition coefficient (Wildman–Crippen LogP) is 3.99. The molecule has 0 N–H and O–H groups in total. The second kappa shape index (κ2) is 6.65. The molecule has 0 heterocycles. The Balaban J connectivity index is 1.95. The van der Waals surface area contributed by atoms with Gasteiger partial charge in [0.1, 0.15) is 0 Å². The Hall–Kier alpha value is -0.290. The zero-order chi connectivity index (χ0) is 14.6. The molecule has 0 amide bonds. The summed E-state index contributed by atoms with van der Waals surface area (Å²) in [5.74, 6) is -0.00984. The third-order valence-electron chi connectivity index (χ3n) is 3.77. The maximum Gasteiger partial charge on any atom is 0.233 e. The van der Waals surface area contributed by atoms with Crippen LogP contribution in [-0.4, -0.2) is 20.8 Å². The molecule has 3 nitrogen and oxygen atoms in total. The molecule has 0 atom stereocenters. The Bertz CT molecular complexity index is 551. The highest BCUT2D eigenvalue weighted by Crippen LogP contribution is 2.40. The molecule has 1 fully saturated rings. The number of ether oxygens (including phenoxy) is 1. The van der Waals surface area contributed by atoms with Gasteiger partial charge >= 0.3 is 0 Å². The topological polar surface area (TPSA) is 43.4 Å². The lowest BCUT2D eigenvalue weighted by molar-refractivity contribution is 0.0474. The fraction of sp³-hybridized carbons (Fsp3) is 0.571. The van der Waals surface area contributed by atoms with Crippen LogP contribution in [0.1, 0.15) is 31.2 Å². The molecule has 0 aliphatic heterocycles. The highest BCUT2D eigenvalue weighted by atomic mass is 35.7. The highest BCUT2D eigenvalue weighted by Gasteiger charge is 2.38. The van der Waals surface area contributed by atoms with E-state index in [1.165, 1.54) is 0 Å². The summed E-state index contributed by atoms with van der Waals surface area (Å²) in [6, 6.07) is 7.49. The summed E-state index contributed by atoms with van der Waals surface area (Å²) in [5, 5.41) is 0.665. The minimum Gasteiger partial charge on any atom is -0.376 e. The first-order valence-corrected chi connectivity index (χ1v) is 9.49. The Labute approximate surface area is 129 Å². The van der Waals surface area contributed by atoms with Crippen molar-refractivity contribution < 1.29 is 13.2 Å². The zero-order valence-electron chi connectivity index (χ0n) is 11.1. The van der Waals surface area contributed by atoms with E-state index >= 15 is 0 Å². The molecule has 0 bridgehead atoms. The van der Waals surface area contributed by atoms with Crippen LogP contribution in [0, 0.1) is 5.41 Å². The van der Waals surface area contributed by atoms with Crippen molar-refractivity contribution in [1.29, 1.82) is 0 Å². The van der Waals surface area contributed by atoms with Gasteiger partial charge < -0.3 is 4.74 Å². The zero-order valence-corrected chi connectivity index (χ0v) is 13.5. The van der Waals surface area contributed by atoms with Crippen LogP contribution in [-0.2, 0) is 20.4 Å². The second-order valence-electron chi connectivity index (χ2n) is 5.47. The quantitative estimate of drug-likeness (QED) is 0.738. The van der Waals surface area contributed by atoms with Crippen molar-refractivity contribution in [1.82, 2.24) is 0 Å². The largest absolute Gasteiger partial charge is 0.376 e. The predicted molar refractivity (Wildman–Crippen MR) is 81.6 cm³/mol. The van der Waals surface area contributed by atoms with E-state index in [-0.39, 0.29) is 11.2 Å². The summed E-state index contributed by atoms with van der Waals surface area (Å²) in [7, 11) is 1.92. The molecule has 1 aliphatic rings. The first kappa shape index (κ1) is 16.1.